The van der Waals surface area contributed by atoms with Crippen LogP contribution in [-0.2, 0) is 7.05 Å². The van der Waals surface area contributed by atoms with Gasteiger partial charge in [0.05, 0.1) is 12.3 Å². The maximum absolute atomic E-state index is 9.08. The molecule has 0 aliphatic carbocycles. The third-order valence-corrected chi connectivity index (χ3v) is 4.19. The van der Waals surface area contributed by atoms with Crippen molar-refractivity contribution in [2.24, 2.45) is 7.05 Å². The van der Waals surface area contributed by atoms with Gasteiger partial charge in [-0.05, 0) is 37.1 Å². The van der Waals surface area contributed by atoms with Crippen LogP contribution in [0.25, 0.3) is 11.1 Å². The molecule has 1 aromatic carbocycles. The van der Waals surface area contributed by atoms with Crippen LogP contribution in [0.1, 0.15) is 31.7 Å². The molecule has 108 valence electrons. The van der Waals surface area contributed by atoms with Gasteiger partial charge in [0.15, 0.2) is 0 Å². The molecular weight excluding hydrogens is 260 g/mol. The molecule has 2 heterocycles. The van der Waals surface area contributed by atoms with E-state index in [9.17, 15) is 0 Å². The van der Waals surface area contributed by atoms with E-state index < -0.39 is 0 Å². The van der Waals surface area contributed by atoms with Gasteiger partial charge in [-0.2, -0.15) is 10.4 Å². The Labute approximate surface area is 125 Å². The maximum Gasteiger partial charge on any atom is 0.0628 e. The van der Waals surface area contributed by atoms with Crippen molar-refractivity contribution in [1.82, 2.24) is 9.78 Å². The molecule has 0 radical (unpaired) electrons. The number of aryl methyl sites for hydroxylation is 1. The lowest BCUT2D eigenvalue weighted by molar-refractivity contribution is 0.649. The van der Waals surface area contributed by atoms with Crippen molar-refractivity contribution in [3.63, 3.8) is 0 Å². The fourth-order valence-corrected chi connectivity index (χ4v) is 3.10. The minimum absolute atomic E-state index is 0.309. The first-order chi connectivity index (χ1) is 10.1. The van der Waals surface area contributed by atoms with Crippen molar-refractivity contribution in [2.45, 2.75) is 32.2 Å². The molecule has 0 spiro atoms. The number of benzene rings is 1. The Morgan fingerprint density at radius 3 is 2.81 bits per heavy atom. The molecule has 1 aliphatic rings. The predicted octanol–water partition coefficient (Wildman–Crippen LogP) is 3.31. The van der Waals surface area contributed by atoms with Crippen LogP contribution in [0, 0.1) is 11.3 Å². The fourth-order valence-electron chi connectivity index (χ4n) is 3.10. The molecule has 1 aliphatic heterocycles. The lowest BCUT2D eigenvalue weighted by Crippen LogP contribution is -2.29. The van der Waals surface area contributed by atoms with E-state index in [0.717, 1.165) is 12.1 Å². The van der Waals surface area contributed by atoms with Crippen molar-refractivity contribution < 1.29 is 0 Å². The molecule has 0 saturated carbocycles. The summed E-state index contributed by atoms with van der Waals surface area (Å²) in [7, 11) is 1.93. The second-order valence-corrected chi connectivity index (χ2v) is 5.98. The van der Waals surface area contributed by atoms with Crippen molar-refractivity contribution >= 4 is 5.69 Å². The van der Waals surface area contributed by atoms with E-state index in [0.29, 0.717) is 18.4 Å². The number of aromatic nitrogens is 2. The van der Waals surface area contributed by atoms with Crippen LogP contribution in [0.2, 0.25) is 0 Å². The van der Waals surface area contributed by atoms with E-state index in [1.165, 1.54) is 16.8 Å². The van der Waals surface area contributed by atoms with Gasteiger partial charge in [0.1, 0.15) is 0 Å². The van der Waals surface area contributed by atoms with Crippen molar-refractivity contribution in [3.8, 4) is 17.2 Å². The summed E-state index contributed by atoms with van der Waals surface area (Å²) >= 11 is 0. The molecule has 4 nitrogen and oxygen atoms in total. The van der Waals surface area contributed by atoms with Crippen LogP contribution in [0.4, 0.5) is 5.69 Å². The zero-order valence-electron chi connectivity index (χ0n) is 12.7. The van der Waals surface area contributed by atoms with Gasteiger partial charge in [0.2, 0.25) is 0 Å². The molecule has 0 unspecified atom stereocenters. The van der Waals surface area contributed by atoms with E-state index in [-0.39, 0.29) is 0 Å². The lowest BCUT2D eigenvalue weighted by atomic mass is 9.95. The highest BCUT2D eigenvalue weighted by Crippen LogP contribution is 2.41. The summed E-state index contributed by atoms with van der Waals surface area (Å²) in [4.78, 5) is 2.39. The zero-order chi connectivity index (χ0) is 15.0. The number of rotatable bonds is 3. The normalized spacial score (nSPS) is 17.1. The summed E-state index contributed by atoms with van der Waals surface area (Å²) in [5.74, 6) is 0.309. The summed E-state index contributed by atoms with van der Waals surface area (Å²) < 4.78 is 1.82. The third kappa shape index (κ3) is 2.40. The average Bonchev–Trinajstić information content (AvgIpc) is 3.03. The second kappa shape index (κ2) is 5.25. The van der Waals surface area contributed by atoms with Crippen LogP contribution in [-0.4, -0.2) is 22.4 Å². The van der Waals surface area contributed by atoms with E-state index in [4.69, 9.17) is 5.26 Å². The highest BCUT2D eigenvalue weighted by Gasteiger charge is 2.30. The summed E-state index contributed by atoms with van der Waals surface area (Å²) in [5.41, 5.74) is 4.87. The van der Waals surface area contributed by atoms with Gasteiger partial charge in [-0.15, -0.1) is 0 Å². The molecule has 4 heteroatoms. The number of hydrogen-bond donors (Lipinski definition) is 0. The minimum Gasteiger partial charge on any atom is -0.368 e. The number of anilines is 1. The Kier molecular flexibility index (Phi) is 3.42. The number of nitriles is 1. The fraction of sp³-hybridized carbons (Fsp3) is 0.412. The molecule has 0 bridgehead atoms. The Balaban J connectivity index is 2.03. The van der Waals surface area contributed by atoms with Gasteiger partial charge in [-0.1, -0.05) is 6.07 Å². The molecule has 0 amide bonds. The topological polar surface area (TPSA) is 44.9 Å². The van der Waals surface area contributed by atoms with Crippen molar-refractivity contribution in [3.05, 3.63) is 36.2 Å². The molecule has 0 fully saturated rings. The molecular formula is C17H20N4. The highest BCUT2D eigenvalue weighted by molar-refractivity contribution is 5.71. The smallest absolute Gasteiger partial charge is 0.0628 e. The average molecular weight is 280 g/mol. The number of nitrogens with zero attached hydrogens (tertiary/aromatic N) is 4. The third-order valence-electron chi connectivity index (χ3n) is 4.19. The Bertz CT molecular complexity index is 693. The standard InChI is InChI=1S/C17H20N4/c1-12(2)21-11-14(6-7-18)16-8-13(4-5-17(16)21)15-9-19-20(3)10-15/h4-5,8-10,12,14H,6,11H2,1-3H3/t14-/m1/s1. The number of hydrogen-bond acceptors (Lipinski definition) is 3. The van der Waals surface area contributed by atoms with Crippen molar-refractivity contribution in [1.29, 1.82) is 5.26 Å². The summed E-state index contributed by atoms with van der Waals surface area (Å²) in [6.45, 7) is 5.35. The van der Waals surface area contributed by atoms with Crippen LogP contribution >= 0.6 is 0 Å². The molecule has 0 N–H and O–H groups in total. The molecule has 1 atom stereocenters. The quantitative estimate of drug-likeness (QED) is 0.866. The first kappa shape index (κ1) is 13.7. The van der Waals surface area contributed by atoms with E-state index >= 15 is 0 Å². The van der Waals surface area contributed by atoms with E-state index in [2.05, 4.69) is 48.1 Å². The van der Waals surface area contributed by atoms with Crippen LogP contribution < -0.4 is 4.90 Å². The van der Waals surface area contributed by atoms with Gasteiger partial charge < -0.3 is 4.90 Å². The minimum atomic E-state index is 0.309. The summed E-state index contributed by atoms with van der Waals surface area (Å²) in [6, 6.07) is 9.36. The Hall–Kier alpha value is -2.28. The SMILES string of the molecule is CC(C)N1C[C@@H](CC#N)c2cc(-c3cnn(C)c3)ccc21. The molecule has 2 aromatic rings. The van der Waals surface area contributed by atoms with Crippen LogP contribution in [0.5, 0.6) is 0 Å². The first-order valence-corrected chi connectivity index (χ1v) is 7.36. The largest absolute Gasteiger partial charge is 0.368 e. The highest BCUT2D eigenvalue weighted by atomic mass is 15.2. The predicted molar refractivity (Wildman–Crippen MR) is 84.1 cm³/mol. The summed E-state index contributed by atoms with van der Waals surface area (Å²) in [5, 5.41) is 13.3. The maximum atomic E-state index is 9.08. The van der Waals surface area contributed by atoms with Crippen LogP contribution in [0.3, 0.4) is 0 Å². The van der Waals surface area contributed by atoms with Gasteiger partial charge in [0, 0.05) is 49.4 Å². The zero-order valence-corrected chi connectivity index (χ0v) is 12.7. The van der Waals surface area contributed by atoms with Gasteiger partial charge in [-0.3, -0.25) is 4.68 Å². The van der Waals surface area contributed by atoms with E-state index in [1.807, 2.05) is 24.1 Å². The Morgan fingerprint density at radius 1 is 1.38 bits per heavy atom. The molecule has 3 rings (SSSR count). The van der Waals surface area contributed by atoms with Crippen LogP contribution in [0.15, 0.2) is 30.6 Å². The lowest BCUT2D eigenvalue weighted by Gasteiger charge is -2.24. The first-order valence-electron chi connectivity index (χ1n) is 7.36. The molecule has 0 saturated heterocycles. The van der Waals surface area contributed by atoms with Gasteiger partial charge in [0.25, 0.3) is 0 Å². The second-order valence-electron chi connectivity index (χ2n) is 5.98. The van der Waals surface area contributed by atoms with Gasteiger partial charge >= 0.3 is 0 Å². The number of fused-ring (bicyclic) bond motifs is 1. The Morgan fingerprint density at radius 2 is 2.19 bits per heavy atom. The summed E-state index contributed by atoms with van der Waals surface area (Å²) in [6.07, 6.45) is 4.49. The monoisotopic (exact) mass is 280 g/mol. The molecule has 21 heavy (non-hydrogen) atoms. The van der Waals surface area contributed by atoms with Gasteiger partial charge in [-0.25, -0.2) is 0 Å². The van der Waals surface area contributed by atoms with Crippen molar-refractivity contribution in [2.75, 3.05) is 11.4 Å². The van der Waals surface area contributed by atoms with E-state index in [1.54, 1.807) is 0 Å². The molecule has 1 aromatic heterocycles.